The summed E-state index contributed by atoms with van der Waals surface area (Å²) in [6, 6.07) is 84.8. The lowest BCUT2D eigenvalue weighted by molar-refractivity contribution is 1.18. The molecule has 1 aliphatic rings. The van der Waals surface area contributed by atoms with Gasteiger partial charge in [-0.05, 0) is 122 Å². The zero-order valence-electron chi connectivity index (χ0n) is 33.8. The number of hydrogen-bond acceptors (Lipinski definition) is 0. The summed E-state index contributed by atoms with van der Waals surface area (Å²) in [5.41, 5.74) is 21.9. The highest BCUT2D eigenvalue weighted by Crippen LogP contribution is 2.49. The Bertz CT molecular complexity index is 3720. The van der Waals surface area contributed by atoms with Gasteiger partial charge in [0.2, 0.25) is 0 Å². The van der Waals surface area contributed by atoms with Gasteiger partial charge in [-0.2, -0.15) is 0 Å². The van der Waals surface area contributed by atoms with Crippen molar-refractivity contribution < 1.29 is 0 Å². The number of aromatic nitrogens is 2. The molecule has 0 aliphatic carbocycles. The topological polar surface area (TPSA) is 9.86 Å². The number of nitrogens with zero attached hydrogens (tertiary/aromatic N) is 2. The van der Waals surface area contributed by atoms with Gasteiger partial charge in [-0.1, -0.05) is 164 Å². The molecule has 2 heteroatoms. The SMILES string of the molecule is c1ccc(-c2cccc(-c3ccc(-n4c5ccccc5c5cc(-c6cc7c8c(c6)c6ccccc6n8-c6ccc(-c8ccccc8)cc6-c6ccccc6-7)ccc54)cc3)c2)cc1. The van der Waals surface area contributed by atoms with Gasteiger partial charge >= 0.3 is 0 Å². The predicted molar refractivity (Wildman–Crippen MR) is 261 cm³/mol. The molecule has 0 atom stereocenters. The van der Waals surface area contributed by atoms with E-state index in [0.29, 0.717) is 0 Å². The fourth-order valence-corrected chi connectivity index (χ4v) is 10.2. The van der Waals surface area contributed by atoms with E-state index in [1.54, 1.807) is 0 Å². The van der Waals surface area contributed by atoms with Crippen molar-refractivity contribution in [2.45, 2.75) is 0 Å². The van der Waals surface area contributed by atoms with Crippen molar-refractivity contribution >= 4 is 43.6 Å². The van der Waals surface area contributed by atoms with Gasteiger partial charge in [0.25, 0.3) is 0 Å². The molecule has 62 heavy (non-hydrogen) atoms. The van der Waals surface area contributed by atoms with E-state index < -0.39 is 0 Å². The zero-order chi connectivity index (χ0) is 40.7. The summed E-state index contributed by atoms with van der Waals surface area (Å²) < 4.78 is 4.93. The van der Waals surface area contributed by atoms with E-state index in [4.69, 9.17) is 0 Å². The van der Waals surface area contributed by atoms with Crippen molar-refractivity contribution in [2.24, 2.45) is 0 Å². The summed E-state index contributed by atoms with van der Waals surface area (Å²) >= 11 is 0. The van der Waals surface area contributed by atoms with Crippen molar-refractivity contribution in [1.29, 1.82) is 0 Å². The minimum absolute atomic E-state index is 1.15. The molecule has 0 radical (unpaired) electrons. The van der Waals surface area contributed by atoms with E-state index in [-0.39, 0.29) is 0 Å². The lowest BCUT2D eigenvalue weighted by Gasteiger charge is -2.14. The summed E-state index contributed by atoms with van der Waals surface area (Å²) in [7, 11) is 0. The van der Waals surface area contributed by atoms with E-state index in [0.717, 1.165) is 5.69 Å². The van der Waals surface area contributed by atoms with Crippen LogP contribution in [0.3, 0.4) is 0 Å². The summed E-state index contributed by atoms with van der Waals surface area (Å²) in [6.07, 6.45) is 0. The first-order valence-electron chi connectivity index (χ1n) is 21.4. The summed E-state index contributed by atoms with van der Waals surface area (Å²) in [5.74, 6) is 0. The smallest absolute Gasteiger partial charge is 0.0620 e. The minimum Gasteiger partial charge on any atom is -0.309 e. The van der Waals surface area contributed by atoms with Gasteiger partial charge in [-0.15, -0.1) is 0 Å². The fourth-order valence-electron chi connectivity index (χ4n) is 10.2. The Balaban J connectivity index is 0.969. The lowest BCUT2D eigenvalue weighted by atomic mass is 9.90. The van der Waals surface area contributed by atoms with Crippen molar-refractivity contribution in [1.82, 2.24) is 9.13 Å². The molecular formula is C60H38N2. The molecule has 1 aliphatic heterocycles. The molecule has 0 amide bonds. The monoisotopic (exact) mass is 786 g/mol. The number of para-hydroxylation sites is 2. The molecular weight excluding hydrogens is 749 g/mol. The first-order valence-corrected chi connectivity index (χ1v) is 21.4. The van der Waals surface area contributed by atoms with Crippen LogP contribution in [-0.2, 0) is 0 Å². The molecule has 2 aromatic heterocycles. The van der Waals surface area contributed by atoms with Crippen LogP contribution in [0.5, 0.6) is 0 Å². The van der Waals surface area contributed by atoms with Crippen LogP contribution < -0.4 is 0 Å². The minimum atomic E-state index is 1.15. The third kappa shape index (κ3) is 5.30. The summed E-state index contributed by atoms with van der Waals surface area (Å²) in [4.78, 5) is 0. The molecule has 0 N–H and O–H groups in total. The third-order valence-corrected chi connectivity index (χ3v) is 13.1. The number of benzene rings is 10. The molecule has 0 fully saturated rings. The Hall–Kier alpha value is -8.20. The molecule has 10 aromatic carbocycles. The Morgan fingerprint density at radius 1 is 0.226 bits per heavy atom. The van der Waals surface area contributed by atoms with Crippen LogP contribution in [0.2, 0.25) is 0 Å². The van der Waals surface area contributed by atoms with E-state index in [1.165, 1.54) is 116 Å². The molecule has 12 aromatic rings. The Morgan fingerprint density at radius 2 is 0.694 bits per heavy atom. The van der Waals surface area contributed by atoms with Crippen LogP contribution in [0.4, 0.5) is 0 Å². The van der Waals surface area contributed by atoms with Crippen LogP contribution in [0.25, 0.3) is 122 Å². The first-order chi connectivity index (χ1) is 30.7. The lowest BCUT2D eigenvalue weighted by Crippen LogP contribution is -1.96. The number of fused-ring (bicyclic) bond motifs is 11. The van der Waals surface area contributed by atoms with Crippen LogP contribution in [0.1, 0.15) is 0 Å². The summed E-state index contributed by atoms with van der Waals surface area (Å²) in [5, 5.41) is 5.01. The van der Waals surface area contributed by atoms with Gasteiger partial charge in [0.05, 0.1) is 27.8 Å². The van der Waals surface area contributed by atoms with Crippen molar-refractivity contribution in [3.8, 4) is 78.1 Å². The number of rotatable bonds is 5. The quantitative estimate of drug-likeness (QED) is 0.164. The van der Waals surface area contributed by atoms with Gasteiger partial charge in [-0.25, -0.2) is 0 Å². The molecule has 2 nitrogen and oxygen atoms in total. The molecule has 0 unspecified atom stereocenters. The maximum absolute atomic E-state index is 2.51. The second-order valence-electron chi connectivity index (χ2n) is 16.5. The van der Waals surface area contributed by atoms with Gasteiger partial charge in [0.15, 0.2) is 0 Å². The Morgan fingerprint density at radius 3 is 1.40 bits per heavy atom. The molecule has 3 heterocycles. The van der Waals surface area contributed by atoms with Crippen molar-refractivity contribution in [3.63, 3.8) is 0 Å². The van der Waals surface area contributed by atoms with E-state index >= 15 is 0 Å². The third-order valence-electron chi connectivity index (χ3n) is 13.1. The predicted octanol–water partition coefficient (Wildman–Crippen LogP) is 16.2. The van der Waals surface area contributed by atoms with E-state index in [1.807, 2.05) is 0 Å². The standard InChI is InChI=1S/C60H38N2/c1-3-14-39(15-4-1)42-18-13-19-43(34-42)41-26-30-47(31-27-41)61-56-24-11-9-22-50(56)53-36-45(29-32-58(53)61)46-37-54-49-21-8-7-20-48(49)52-35-44(40-16-5-2-6-17-40)28-33-59(52)62-57-25-12-10-23-51(57)55(38-46)60(54)62/h1-38H. The highest BCUT2D eigenvalue weighted by Gasteiger charge is 2.26. The highest BCUT2D eigenvalue weighted by atomic mass is 15.0. The van der Waals surface area contributed by atoms with Crippen molar-refractivity contribution in [2.75, 3.05) is 0 Å². The fraction of sp³-hybridized carbons (Fsp3) is 0. The van der Waals surface area contributed by atoms with Gasteiger partial charge in [-0.3, -0.25) is 0 Å². The van der Waals surface area contributed by atoms with Gasteiger partial charge < -0.3 is 9.13 Å². The van der Waals surface area contributed by atoms with E-state index in [9.17, 15) is 0 Å². The average Bonchev–Trinajstić information content (AvgIpc) is 3.82. The van der Waals surface area contributed by atoms with Gasteiger partial charge in [0, 0.05) is 38.4 Å². The maximum Gasteiger partial charge on any atom is 0.0620 e. The normalized spacial score (nSPS) is 11.9. The summed E-state index contributed by atoms with van der Waals surface area (Å²) in [6.45, 7) is 0. The molecule has 13 rings (SSSR count). The Kier molecular flexibility index (Phi) is 7.64. The van der Waals surface area contributed by atoms with Crippen LogP contribution in [0.15, 0.2) is 231 Å². The van der Waals surface area contributed by atoms with Crippen molar-refractivity contribution in [3.05, 3.63) is 231 Å². The second-order valence-corrected chi connectivity index (χ2v) is 16.5. The Labute approximate surface area is 359 Å². The van der Waals surface area contributed by atoms with Crippen LogP contribution >= 0.6 is 0 Å². The largest absolute Gasteiger partial charge is 0.309 e. The number of hydrogen-bond donors (Lipinski definition) is 0. The molecule has 0 saturated heterocycles. The molecule has 0 spiro atoms. The highest BCUT2D eigenvalue weighted by molar-refractivity contribution is 6.18. The average molecular weight is 787 g/mol. The second kappa shape index (κ2) is 13.7. The van der Waals surface area contributed by atoms with Gasteiger partial charge in [0.1, 0.15) is 0 Å². The van der Waals surface area contributed by atoms with E-state index in [2.05, 4.69) is 240 Å². The van der Waals surface area contributed by atoms with Crippen LogP contribution in [0, 0.1) is 0 Å². The molecule has 288 valence electrons. The molecule has 0 saturated carbocycles. The first kappa shape index (κ1) is 34.6. The van der Waals surface area contributed by atoms with Crippen LogP contribution in [-0.4, -0.2) is 9.13 Å². The zero-order valence-corrected chi connectivity index (χ0v) is 33.8. The molecule has 0 bridgehead atoms. The maximum atomic E-state index is 2.51.